The lowest BCUT2D eigenvalue weighted by molar-refractivity contribution is -0.0249. The number of carbonyl (C=O) groups excluding carboxylic acids is 1. The average molecular weight is 235 g/mol. The summed E-state index contributed by atoms with van der Waals surface area (Å²) in [6.07, 6.45) is 1.52. The van der Waals surface area contributed by atoms with Crippen LogP contribution in [-0.2, 0) is 4.74 Å². The van der Waals surface area contributed by atoms with Crippen molar-refractivity contribution < 1.29 is 9.53 Å². The number of ether oxygens (including phenoxy) is 1. The van der Waals surface area contributed by atoms with Gasteiger partial charge in [0.15, 0.2) is 0 Å². The lowest BCUT2D eigenvalue weighted by Gasteiger charge is -2.38. The Balaban J connectivity index is 2.20. The van der Waals surface area contributed by atoms with Crippen LogP contribution >= 0.6 is 0 Å². The molecular formula is C12H17N3O2. The number of amides is 1. The molecule has 0 radical (unpaired) electrons. The Morgan fingerprint density at radius 2 is 2.06 bits per heavy atom. The molecule has 17 heavy (non-hydrogen) atoms. The van der Waals surface area contributed by atoms with Crippen LogP contribution in [0.5, 0.6) is 0 Å². The Morgan fingerprint density at radius 1 is 1.41 bits per heavy atom. The zero-order chi connectivity index (χ0) is 12.4. The number of anilines is 1. The minimum Gasteiger partial charge on any atom is -0.384 e. The molecule has 1 aromatic rings. The fourth-order valence-corrected chi connectivity index (χ4v) is 2.09. The minimum atomic E-state index is -0.0131. The molecule has 1 aliphatic rings. The molecule has 92 valence electrons. The van der Waals surface area contributed by atoms with Gasteiger partial charge < -0.3 is 15.4 Å². The first-order chi connectivity index (χ1) is 8.09. The molecule has 0 spiro atoms. The molecular weight excluding hydrogens is 218 g/mol. The molecule has 2 rings (SSSR count). The highest BCUT2D eigenvalue weighted by molar-refractivity contribution is 5.94. The standard InChI is InChI=1S/C12H17N3O2/c1-8-6-17-7-9(2)15(8)12(16)10-3-4-11(13)14-5-10/h3-5,8-9H,6-7H2,1-2H3,(H2,13,14)/t8-,9+. The van der Waals surface area contributed by atoms with Gasteiger partial charge in [0.2, 0.25) is 0 Å². The molecule has 2 heterocycles. The van der Waals surface area contributed by atoms with E-state index < -0.39 is 0 Å². The Hall–Kier alpha value is -1.62. The van der Waals surface area contributed by atoms with E-state index >= 15 is 0 Å². The van der Waals surface area contributed by atoms with E-state index in [2.05, 4.69) is 4.98 Å². The SMILES string of the molecule is C[C@@H]1COC[C@H](C)N1C(=O)c1ccc(N)nc1. The van der Waals surface area contributed by atoms with Crippen LogP contribution in [0.2, 0.25) is 0 Å². The van der Waals surface area contributed by atoms with Gasteiger partial charge in [0.25, 0.3) is 5.91 Å². The smallest absolute Gasteiger partial charge is 0.256 e. The molecule has 5 nitrogen and oxygen atoms in total. The summed E-state index contributed by atoms with van der Waals surface area (Å²) in [5.74, 6) is 0.408. The second kappa shape index (κ2) is 4.71. The van der Waals surface area contributed by atoms with Gasteiger partial charge >= 0.3 is 0 Å². The first kappa shape index (κ1) is 11.9. The van der Waals surface area contributed by atoms with Crippen molar-refractivity contribution in [2.45, 2.75) is 25.9 Å². The van der Waals surface area contributed by atoms with Crippen LogP contribution in [0.15, 0.2) is 18.3 Å². The van der Waals surface area contributed by atoms with Gasteiger partial charge in [-0.1, -0.05) is 0 Å². The van der Waals surface area contributed by atoms with E-state index in [1.54, 1.807) is 12.1 Å². The summed E-state index contributed by atoms with van der Waals surface area (Å²) in [7, 11) is 0. The number of rotatable bonds is 1. The highest BCUT2D eigenvalue weighted by Gasteiger charge is 2.30. The van der Waals surface area contributed by atoms with Gasteiger partial charge in [0.1, 0.15) is 5.82 Å². The van der Waals surface area contributed by atoms with E-state index in [0.29, 0.717) is 24.6 Å². The van der Waals surface area contributed by atoms with Crippen molar-refractivity contribution in [1.82, 2.24) is 9.88 Å². The number of hydrogen-bond donors (Lipinski definition) is 1. The monoisotopic (exact) mass is 235 g/mol. The summed E-state index contributed by atoms with van der Waals surface area (Å²) >= 11 is 0. The van der Waals surface area contributed by atoms with Crippen molar-refractivity contribution >= 4 is 11.7 Å². The third-order valence-corrected chi connectivity index (χ3v) is 2.94. The van der Waals surface area contributed by atoms with Gasteiger partial charge in [-0.2, -0.15) is 0 Å². The topological polar surface area (TPSA) is 68.5 Å². The summed E-state index contributed by atoms with van der Waals surface area (Å²) in [4.78, 5) is 18.1. The van der Waals surface area contributed by atoms with Crippen molar-refractivity contribution in [1.29, 1.82) is 0 Å². The van der Waals surface area contributed by atoms with E-state index in [4.69, 9.17) is 10.5 Å². The van der Waals surface area contributed by atoms with Gasteiger partial charge in [-0.3, -0.25) is 4.79 Å². The molecule has 0 aromatic carbocycles. The van der Waals surface area contributed by atoms with Crippen molar-refractivity contribution in [3.63, 3.8) is 0 Å². The molecule has 1 saturated heterocycles. The minimum absolute atomic E-state index is 0.0131. The Kier molecular flexibility index (Phi) is 3.28. The number of nitrogen functional groups attached to an aromatic ring is 1. The number of carbonyl (C=O) groups is 1. The number of aromatic nitrogens is 1. The van der Waals surface area contributed by atoms with Gasteiger partial charge in [-0.25, -0.2) is 4.98 Å². The fraction of sp³-hybridized carbons (Fsp3) is 0.500. The van der Waals surface area contributed by atoms with E-state index in [1.807, 2.05) is 18.7 Å². The zero-order valence-electron chi connectivity index (χ0n) is 10.1. The maximum absolute atomic E-state index is 12.3. The van der Waals surface area contributed by atoms with Crippen molar-refractivity contribution in [2.24, 2.45) is 0 Å². The zero-order valence-corrected chi connectivity index (χ0v) is 10.1. The van der Waals surface area contributed by atoms with Crippen LogP contribution in [0, 0.1) is 0 Å². The molecule has 0 unspecified atom stereocenters. The van der Waals surface area contributed by atoms with E-state index in [-0.39, 0.29) is 18.0 Å². The largest absolute Gasteiger partial charge is 0.384 e. The lowest BCUT2D eigenvalue weighted by atomic mass is 10.1. The summed E-state index contributed by atoms with van der Waals surface area (Å²) in [5, 5.41) is 0. The Bertz CT molecular complexity index is 395. The normalized spacial score (nSPS) is 24.7. The summed E-state index contributed by atoms with van der Waals surface area (Å²) in [6, 6.07) is 3.52. The van der Waals surface area contributed by atoms with Crippen LogP contribution in [0.4, 0.5) is 5.82 Å². The van der Waals surface area contributed by atoms with Crippen molar-refractivity contribution in [2.75, 3.05) is 18.9 Å². The van der Waals surface area contributed by atoms with E-state index in [1.165, 1.54) is 6.20 Å². The predicted molar refractivity (Wildman–Crippen MR) is 64.6 cm³/mol. The van der Waals surface area contributed by atoms with Gasteiger partial charge in [-0.15, -0.1) is 0 Å². The van der Waals surface area contributed by atoms with E-state index in [0.717, 1.165) is 0 Å². The maximum Gasteiger partial charge on any atom is 0.256 e. The van der Waals surface area contributed by atoms with Crippen LogP contribution in [-0.4, -0.2) is 41.1 Å². The molecule has 1 aromatic heterocycles. The molecule has 1 amide bonds. The van der Waals surface area contributed by atoms with E-state index in [9.17, 15) is 4.79 Å². The number of pyridine rings is 1. The molecule has 2 N–H and O–H groups in total. The highest BCUT2D eigenvalue weighted by atomic mass is 16.5. The van der Waals surface area contributed by atoms with Crippen molar-refractivity contribution in [3.8, 4) is 0 Å². The summed E-state index contributed by atoms with van der Waals surface area (Å²) < 4.78 is 5.40. The molecule has 1 aliphatic heterocycles. The first-order valence-electron chi connectivity index (χ1n) is 5.71. The van der Waals surface area contributed by atoms with Crippen LogP contribution in [0.1, 0.15) is 24.2 Å². The van der Waals surface area contributed by atoms with Gasteiger partial charge in [0, 0.05) is 6.20 Å². The second-order valence-electron chi connectivity index (χ2n) is 4.42. The van der Waals surface area contributed by atoms with Gasteiger partial charge in [0.05, 0.1) is 30.9 Å². The molecule has 1 fully saturated rings. The molecule has 0 aliphatic carbocycles. The maximum atomic E-state index is 12.3. The van der Waals surface area contributed by atoms with Gasteiger partial charge in [-0.05, 0) is 26.0 Å². The molecule has 0 saturated carbocycles. The number of morpholine rings is 1. The third kappa shape index (κ3) is 2.39. The lowest BCUT2D eigenvalue weighted by Crippen LogP contribution is -2.52. The second-order valence-corrected chi connectivity index (χ2v) is 4.42. The summed E-state index contributed by atoms with van der Waals surface area (Å²) in [6.45, 7) is 5.13. The number of nitrogens with zero attached hydrogens (tertiary/aromatic N) is 2. The molecule has 2 atom stereocenters. The Labute approximate surface area is 101 Å². The van der Waals surface area contributed by atoms with Crippen LogP contribution in [0.25, 0.3) is 0 Å². The fourth-order valence-electron chi connectivity index (χ4n) is 2.09. The first-order valence-corrected chi connectivity index (χ1v) is 5.71. The average Bonchev–Trinajstić information content (AvgIpc) is 2.29. The predicted octanol–water partition coefficient (Wildman–Crippen LogP) is 0.913. The summed E-state index contributed by atoms with van der Waals surface area (Å²) in [5.41, 5.74) is 6.07. The number of nitrogens with two attached hydrogens (primary N) is 1. The highest BCUT2D eigenvalue weighted by Crippen LogP contribution is 2.17. The number of hydrogen-bond acceptors (Lipinski definition) is 4. The molecule has 5 heteroatoms. The van der Waals surface area contributed by atoms with Crippen LogP contribution in [0.3, 0.4) is 0 Å². The van der Waals surface area contributed by atoms with Crippen molar-refractivity contribution in [3.05, 3.63) is 23.9 Å². The third-order valence-electron chi connectivity index (χ3n) is 2.94. The quantitative estimate of drug-likeness (QED) is 0.785. The Morgan fingerprint density at radius 3 is 2.59 bits per heavy atom. The van der Waals surface area contributed by atoms with Crippen LogP contribution < -0.4 is 5.73 Å². The molecule has 0 bridgehead atoms.